The Morgan fingerprint density at radius 1 is 0.600 bits per heavy atom. The quantitative estimate of drug-likeness (QED) is 0.498. The van der Waals surface area contributed by atoms with E-state index >= 15 is 0 Å². The van der Waals surface area contributed by atoms with Gasteiger partial charge >= 0.3 is 0 Å². The zero-order valence-electron chi connectivity index (χ0n) is 14.4. The minimum atomic E-state index is 0.438. The minimum absolute atomic E-state index is 0.438. The molecule has 0 amide bonds. The zero-order valence-corrected chi connectivity index (χ0v) is 15.2. The molecule has 0 radical (unpaired) electrons. The first kappa shape index (κ1) is 16.2. The number of rotatable bonds is 4. The van der Waals surface area contributed by atoms with E-state index in [1.54, 1.807) is 0 Å². The molecule has 1 aliphatic heterocycles. The maximum atomic E-state index is 2.54. The molecule has 1 heteroatoms. The molecule has 1 aliphatic rings. The highest BCUT2D eigenvalue weighted by Crippen LogP contribution is 2.29. The molecular weight excluding hydrogens is 320 g/mol. The number of hydrogen-bond acceptors (Lipinski definition) is 0. The Morgan fingerprint density at radius 2 is 1.12 bits per heavy atom. The maximum Gasteiger partial charge on any atom is 0.127 e. The maximum absolute atomic E-state index is 2.54. The third kappa shape index (κ3) is 3.88. The minimum Gasteiger partial charge on any atom is -0.0622 e. The average Bonchev–Trinajstić information content (AvgIpc) is 3.21. The molecule has 1 saturated heterocycles. The Hall–Kier alpha value is -2.25. The molecule has 0 aliphatic carbocycles. The van der Waals surface area contributed by atoms with E-state index in [0.29, 0.717) is 10.9 Å². The van der Waals surface area contributed by atoms with Gasteiger partial charge in [0.2, 0.25) is 0 Å². The van der Waals surface area contributed by atoms with Crippen LogP contribution in [0.1, 0.15) is 24.0 Å². The summed E-state index contributed by atoms with van der Waals surface area (Å²) in [6, 6.07) is 30.5. The van der Waals surface area contributed by atoms with Crippen molar-refractivity contribution in [1.82, 2.24) is 0 Å². The van der Waals surface area contributed by atoms with Crippen molar-refractivity contribution in [1.29, 1.82) is 0 Å². The Balaban J connectivity index is 1.70. The van der Waals surface area contributed by atoms with Gasteiger partial charge in [-0.05, 0) is 35.1 Å². The van der Waals surface area contributed by atoms with Crippen LogP contribution in [-0.2, 0) is 10.9 Å². The van der Waals surface area contributed by atoms with E-state index in [9.17, 15) is 0 Å². The predicted molar refractivity (Wildman–Crippen MR) is 112 cm³/mol. The third-order valence-corrected chi connectivity index (χ3v) is 6.93. The highest BCUT2D eigenvalue weighted by Gasteiger charge is 2.23. The van der Waals surface area contributed by atoms with Crippen molar-refractivity contribution < 1.29 is 0 Å². The molecule has 1 fully saturated rings. The van der Waals surface area contributed by atoms with Gasteiger partial charge in [-0.3, -0.25) is 0 Å². The van der Waals surface area contributed by atoms with Crippen molar-refractivity contribution in [2.45, 2.75) is 12.8 Å². The van der Waals surface area contributed by atoms with Gasteiger partial charge in [-0.15, -0.1) is 0 Å². The van der Waals surface area contributed by atoms with Crippen molar-refractivity contribution in [3.05, 3.63) is 101 Å². The van der Waals surface area contributed by atoms with E-state index in [0.717, 1.165) is 0 Å². The summed E-state index contributed by atoms with van der Waals surface area (Å²) in [6.45, 7) is 0. The van der Waals surface area contributed by atoms with Crippen LogP contribution in [0.2, 0.25) is 0 Å². The second-order valence-electron chi connectivity index (χ2n) is 6.49. The highest BCUT2D eigenvalue weighted by molar-refractivity contribution is 8.00. The fourth-order valence-corrected chi connectivity index (χ4v) is 5.55. The van der Waals surface area contributed by atoms with Crippen LogP contribution in [-0.4, -0.2) is 11.5 Å². The van der Waals surface area contributed by atoms with Gasteiger partial charge in [-0.1, -0.05) is 84.9 Å². The third-order valence-electron chi connectivity index (χ3n) is 4.74. The highest BCUT2D eigenvalue weighted by atomic mass is 32.2. The van der Waals surface area contributed by atoms with Crippen molar-refractivity contribution >= 4 is 16.5 Å². The number of hydrogen-bond donors (Lipinski definition) is 0. The fraction of sp³-hybridized carbons (Fsp3) is 0.167. The van der Waals surface area contributed by atoms with E-state index in [1.165, 1.54) is 52.2 Å². The van der Waals surface area contributed by atoms with Gasteiger partial charge < -0.3 is 0 Å². The molecule has 0 unspecified atom stereocenters. The lowest BCUT2D eigenvalue weighted by Gasteiger charge is -2.09. The molecule has 1 heterocycles. The zero-order chi connectivity index (χ0) is 16.9. The first-order valence-electron chi connectivity index (χ1n) is 8.99. The summed E-state index contributed by atoms with van der Waals surface area (Å²) in [4.78, 5) is 0. The normalized spacial score (nSPS) is 15.4. The van der Waals surface area contributed by atoms with Gasteiger partial charge in [0.15, 0.2) is 0 Å². The van der Waals surface area contributed by atoms with Crippen molar-refractivity contribution in [3.63, 3.8) is 0 Å². The lowest BCUT2D eigenvalue weighted by atomic mass is 9.97. The first-order valence-corrected chi connectivity index (χ1v) is 10.6. The molecule has 4 rings (SSSR count). The van der Waals surface area contributed by atoms with Crippen LogP contribution in [0.4, 0.5) is 0 Å². The molecule has 0 bridgehead atoms. The molecule has 3 aromatic rings. The molecule has 0 nitrogen and oxygen atoms in total. The Morgan fingerprint density at radius 3 is 1.76 bits per heavy atom. The standard InChI is InChI=1S/C24H23S/c1-3-9-20(10-4-1)21-13-15-23(16-14-21)24(19-25-17-7-8-18-25)22-11-5-2-6-12-22/h1-6,9-16,19H,7-8,17-18H2/q+1. The first-order chi connectivity index (χ1) is 12.4. The van der Waals surface area contributed by atoms with Crippen LogP contribution in [0.5, 0.6) is 0 Å². The van der Waals surface area contributed by atoms with Crippen LogP contribution in [0.3, 0.4) is 0 Å². The Labute approximate surface area is 153 Å². The molecule has 0 saturated carbocycles. The average molecular weight is 344 g/mol. The summed E-state index contributed by atoms with van der Waals surface area (Å²) >= 11 is 0. The van der Waals surface area contributed by atoms with Gasteiger partial charge in [-0.25, -0.2) is 0 Å². The lowest BCUT2D eigenvalue weighted by molar-refractivity contribution is 0.949. The van der Waals surface area contributed by atoms with E-state index in [2.05, 4.69) is 90.3 Å². The van der Waals surface area contributed by atoms with Crippen molar-refractivity contribution in [2.75, 3.05) is 11.5 Å². The Kier molecular flexibility index (Phi) is 5.03. The molecule has 25 heavy (non-hydrogen) atoms. The van der Waals surface area contributed by atoms with E-state index in [1.807, 2.05) is 0 Å². The summed E-state index contributed by atoms with van der Waals surface area (Å²) in [6.07, 6.45) is 2.77. The topological polar surface area (TPSA) is 0 Å². The van der Waals surface area contributed by atoms with Crippen LogP contribution in [0.25, 0.3) is 16.7 Å². The molecule has 0 N–H and O–H groups in total. The van der Waals surface area contributed by atoms with Gasteiger partial charge in [-0.2, -0.15) is 0 Å². The fourth-order valence-electron chi connectivity index (χ4n) is 3.35. The second kappa shape index (κ2) is 7.76. The van der Waals surface area contributed by atoms with E-state index < -0.39 is 0 Å². The summed E-state index contributed by atoms with van der Waals surface area (Å²) in [5.41, 5.74) is 6.60. The summed E-state index contributed by atoms with van der Waals surface area (Å²) in [7, 11) is 0.438. The second-order valence-corrected chi connectivity index (χ2v) is 8.62. The summed E-state index contributed by atoms with van der Waals surface area (Å²) < 4.78 is 0. The number of benzene rings is 3. The monoisotopic (exact) mass is 343 g/mol. The van der Waals surface area contributed by atoms with E-state index in [4.69, 9.17) is 0 Å². The Bertz CT molecular complexity index is 826. The van der Waals surface area contributed by atoms with Crippen molar-refractivity contribution in [2.24, 2.45) is 0 Å². The molecule has 3 aromatic carbocycles. The van der Waals surface area contributed by atoms with Crippen LogP contribution >= 0.6 is 0 Å². The van der Waals surface area contributed by atoms with Gasteiger partial charge in [0.25, 0.3) is 0 Å². The molecule has 0 spiro atoms. The van der Waals surface area contributed by atoms with Crippen LogP contribution < -0.4 is 0 Å². The van der Waals surface area contributed by atoms with E-state index in [-0.39, 0.29) is 0 Å². The molecular formula is C24H23S+. The molecule has 0 aromatic heterocycles. The van der Waals surface area contributed by atoms with Crippen LogP contribution in [0.15, 0.2) is 90.3 Å². The van der Waals surface area contributed by atoms with Gasteiger partial charge in [0.1, 0.15) is 16.9 Å². The largest absolute Gasteiger partial charge is 0.127 e. The van der Waals surface area contributed by atoms with Gasteiger partial charge in [0, 0.05) is 16.5 Å². The van der Waals surface area contributed by atoms with Crippen molar-refractivity contribution in [3.8, 4) is 11.1 Å². The predicted octanol–water partition coefficient (Wildman–Crippen LogP) is 6.15. The smallest absolute Gasteiger partial charge is 0.0622 e. The molecule has 124 valence electrons. The molecule has 0 atom stereocenters. The summed E-state index contributed by atoms with van der Waals surface area (Å²) in [5, 5.41) is 2.54. The lowest BCUT2D eigenvalue weighted by Crippen LogP contribution is -2.00. The SMILES string of the molecule is C(=C(c1ccccc1)c1ccc(-c2ccccc2)cc1)[S+]1CCCC1. The van der Waals surface area contributed by atoms with Crippen LogP contribution in [0, 0.1) is 0 Å². The summed E-state index contributed by atoms with van der Waals surface area (Å²) in [5.74, 6) is 2.72. The van der Waals surface area contributed by atoms with Gasteiger partial charge in [0.05, 0.1) is 0 Å².